The summed E-state index contributed by atoms with van der Waals surface area (Å²) in [5.41, 5.74) is 2.09. The summed E-state index contributed by atoms with van der Waals surface area (Å²) in [7, 11) is 0. The van der Waals surface area contributed by atoms with Crippen molar-refractivity contribution in [2.75, 3.05) is 6.54 Å². The molecule has 1 aromatic carbocycles. The average molecular weight is 352 g/mol. The molecule has 0 saturated carbocycles. The predicted octanol–water partition coefficient (Wildman–Crippen LogP) is 3.93. The van der Waals surface area contributed by atoms with Crippen molar-refractivity contribution in [2.45, 2.75) is 26.2 Å². The van der Waals surface area contributed by atoms with Gasteiger partial charge in [0.15, 0.2) is 5.78 Å². The van der Waals surface area contributed by atoms with Crippen LogP contribution in [0.1, 0.15) is 33.0 Å². The smallest absolute Gasteiger partial charge is 0.220 e. The zero-order chi connectivity index (χ0) is 17.6. The van der Waals surface area contributed by atoms with Gasteiger partial charge in [-0.1, -0.05) is 24.3 Å². The van der Waals surface area contributed by atoms with Crippen LogP contribution in [0.2, 0.25) is 0 Å². The second kappa shape index (κ2) is 8.03. The Morgan fingerprint density at radius 2 is 1.92 bits per heavy atom. The molecule has 0 unspecified atom stereocenters. The number of aromatic nitrogens is 1. The minimum Gasteiger partial charge on any atom is -0.356 e. The lowest BCUT2D eigenvalue weighted by atomic mass is 10.1. The van der Waals surface area contributed by atoms with Gasteiger partial charge in [-0.3, -0.25) is 14.6 Å². The van der Waals surface area contributed by atoms with Crippen LogP contribution in [-0.2, 0) is 11.2 Å². The van der Waals surface area contributed by atoms with Crippen LogP contribution in [-0.4, -0.2) is 23.2 Å². The van der Waals surface area contributed by atoms with E-state index in [1.807, 2.05) is 49.4 Å². The molecular formula is C20H20N2O2S. The molecule has 128 valence electrons. The van der Waals surface area contributed by atoms with Crippen molar-refractivity contribution >= 4 is 33.9 Å². The number of pyridine rings is 1. The molecule has 3 rings (SSSR count). The van der Waals surface area contributed by atoms with E-state index in [1.54, 1.807) is 6.20 Å². The van der Waals surface area contributed by atoms with Gasteiger partial charge in [0.05, 0.1) is 10.4 Å². The highest BCUT2D eigenvalue weighted by Gasteiger charge is 2.11. The first-order chi connectivity index (χ1) is 12.1. The fraction of sp³-hybridized carbons (Fsp3) is 0.250. The first-order valence-electron chi connectivity index (χ1n) is 8.32. The van der Waals surface area contributed by atoms with Gasteiger partial charge < -0.3 is 5.32 Å². The number of Topliss-reactive ketones (excluding diaryl/α,β-unsaturated/α-hetero) is 1. The molecule has 1 N–H and O–H groups in total. The summed E-state index contributed by atoms with van der Waals surface area (Å²) in [6.45, 7) is 2.51. The lowest BCUT2D eigenvalue weighted by molar-refractivity contribution is -0.121. The molecular weight excluding hydrogens is 332 g/mol. The van der Waals surface area contributed by atoms with Gasteiger partial charge in [0.1, 0.15) is 0 Å². The molecule has 0 fully saturated rings. The summed E-state index contributed by atoms with van der Waals surface area (Å²) < 4.78 is 0. The first kappa shape index (κ1) is 17.3. The van der Waals surface area contributed by atoms with Gasteiger partial charge in [-0.25, -0.2) is 0 Å². The van der Waals surface area contributed by atoms with Crippen molar-refractivity contribution in [1.29, 1.82) is 0 Å². The third-order valence-electron chi connectivity index (χ3n) is 4.03. The number of rotatable bonds is 7. The van der Waals surface area contributed by atoms with E-state index in [0.29, 0.717) is 6.54 Å². The highest BCUT2D eigenvalue weighted by molar-refractivity contribution is 7.14. The lowest BCUT2D eigenvalue weighted by Crippen LogP contribution is -2.26. The van der Waals surface area contributed by atoms with Crippen molar-refractivity contribution in [3.63, 3.8) is 0 Å². The van der Waals surface area contributed by atoms with Crippen LogP contribution >= 0.6 is 11.3 Å². The number of ketones is 1. The lowest BCUT2D eigenvalue weighted by Gasteiger charge is -2.07. The normalized spacial score (nSPS) is 10.8. The van der Waals surface area contributed by atoms with E-state index in [2.05, 4.69) is 10.3 Å². The highest BCUT2D eigenvalue weighted by atomic mass is 32.1. The molecule has 25 heavy (non-hydrogen) atoms. The summed E-state index contributed by atoms with van der Waals surface area (Å²) in [5, 5.41) is 3.99. The van der Waals surface area contributed by atoms with Crippen molar-refractivity contribution < 1.29 is 9.59 Å². The van der Waals surface area contributed by atoms with Crippen molar-refractivity contribution in [3.8, 4) is 0 Å². The van der Waals surface area contributed by atoms with Gasteiger partial charge >= 0.3 is 0 Å². The van der Waals surface area contributed by atoms with Crippen LogP contribution in [0.4, 0.5) is 0 Å². The largest absolute Gasteiger partial charge is 0.356 e. The van der Waals surface area contributed by atoms with Gasteiger partial charge in [0.25, 0.3) is 0 Å². The maximum Gasteiger partial charge on any atom is 0.220 e. The van der Waals surface area contributed by atoms with Gasteiger partial charge in [-0.15, -0.1) is 11.3 Å². The molecule has 0 saturated heterocycles. The Hall–Kier alpha value is -2.53. The van der Waals surface area contributed by atoms with E-state index in [-0.39, 0.29) is 24.5 Å². The Bertz CT molecular complexity index is 896. The Labute approximate surface area is 150 Å². The number of nitrogens with zero attached hydrogens (tertiary/aromatic N) is 1. The Morgan fingerprint density at radius 3 is 2.72 bits per heavy atom. The quantitative estimate of drug-likeness (QED) is 0.656. The second-order valence-corrected chi connectivity index (χ2v) is 7.21. The number of nitrogens with one attached hydrogen (secondary N) is 1. The standard InChI is InChI=1S/C20H20N2O2S/c1-14-7-9-18(25-14)17(23)8-10-19(24)21-13-11-16-5-2-4-15-6-3-12-22-20(15)16/h2-7,9,12H,8,10-11,13H2,1H3,(H,21,24). The Balaban J connectivity index is 1.47. The number of thiophene rings is 1. The van der Waals surface area contributed by atoms with Crippen LogP contribution in [0, 0.1) is 6.92 Å². The summed E-state index contributed by atoms with van der Waals surface area (Å²) in [6.07, 6.45) is 2.98. The van der Waals surface area contributed by atoms with Crippen LogP contribution in [0.3, 0.4) is 0 Å². The second-order valence-electron chi connectivity index (χ2n) is 5.93. The van der Waals surface area contributed by atoms with Gasteiger partial charge in [0, 0.05) is 35.8 Å². The van der Waals surface area contributed by atoms with E-state index in [9.17, 15) is 9.59 Å². The SMILES string of the molecule is Cc1ccc(C(=O)CCC(=O)NCCc2cccc3cccnc23)s1. The molecule has 0 radical (unpaired) electrons. The fourth-order valence-electron chi connectivity index (χ4n) is 2.73. The monoisotopic (exact) mass is 352 g/mol. The zero-order valence-corrected chi connectivity index (χ0v) is 14.9. The van der Waals surface area contributed by atoms with E-state index in [4.69, 9.17) is 0 Å². The minimum absolute atomic E-state index is 0.0338. The number of carbonyl (C=O) groups excluding carboxylic acids is 2. The van der Waals surface area contributed by atoms with Crippen molar-refractivity contribution in [1.82, 2.24) is 10.3 Å². The van der Waals surface area contributed by atoms with Gasteiger partial charge in [-0.2, -0.15) is 0 Å². The maximum atomic E-state index is 12.0. The molecule has 1 amide bonds. The summed E-state index contributed by atoms with van der Waals surface area (Å²) >= 11 is 1.48. The number of carbonyl (C=O) groups is 2. The van der Waals surface area contributed by atoms with Crippen molar-refractivity contribution in [3.05, 3.63) is 64.0 Å². The number of hydrogen-bond acceptors (Lipinski definition) is 4. The zero-order valence-electron chi connectivity index (χ0n) is 14.1. The molecule has 3 aromatic rings. The Kier molecular flexibility index (Phi) is 5.56. The van der Waals surface area contributed by atoms with Crippen molar-refractivity contribution in [2.24, 2.45) is 0 Å². The molecule has 4 nitrogen and oxygen atoms in total. The van der Waals surface area contributed by atoms with E-state index < -0.39 is 0 Å². The third-order valence-corrected chi connectivity index (χ3v) is 5.07. The fourth-order valence-corrected chi connectivity index (χ4v) is 3.56. The number of hydrogen-bond donors (Lipinski definition) is 1. The minimum atomic E-state index is -0.0881. The van der Waals surface area contributed by atoms with Crippen LogP contribution in [0.5, 0.6) is 0 Å². The molecule has 0 bridgehead atoms. The first-order valence-corrected chi connectivity index (χ1v) is 9.14. The number of aryl methyl sites for hydroxylation is 1. The summed E-state index contributed by atoms with van der Waals surface area (Å²) in [6, 6.07) is 13.8. The van der Waals surface area contributed by atoms with Crippen LogP contribution < -0.4 is 5.32 Å². The molecule has 0 atom stereocenters. The average Bonchev–Trinajstić information content (AvgIpc) is 3.06. The van der Waals surface area contributed by atoms with E-state index in [1.165, 1.54) is 11.3 Å². The molecule has 0 aliphatic carbocycles. The maximum absolute atomic E-state index is 12.0. The Morgan fingerprint density at radius 1 is 1.08 bits per heavy atom. The molecule has 2 aromatic heterocycles. The number of fused-ring (bicyclic) bond motifs is 1. The summed E-state index contributed by atoms with van der Waals surface area (Å²) in [5.74, 6) is -0.0543. The van der Waals surface area contributed by atoms with Gasteiger partial charge in [0.2, 0.25) is 5.91 Å². The van der Waals surface area contributed by atoms with Crippen LogP contribution in [0.15, 0.2) is 48.7 Å². The molecule has 0 aliphatic rings. The predicted molar refractivity (Wildman–Crippen MR) is 101 cm³/mol. The van der Waals surface area contributed by atoms with E-state index in [0.717, 1.165) is 32.6 Å². The number of para-hydroxylation sites is 1. The molecule has 0 spiro atoms. The van der Waals surface area contributed by atoms with E-state index >= 15 is 0 Å². The number of amides is 1. The number of benzene rings is 1. The molecule has 5 heteroatoms. The third kappa shape index (κ3) is 4.51. The topological polar surface area (TPSA) is 59.1 Å². The summed E-state index contributed by atoms with van der Waals surface area (Å²) in [4.78, 5) is 30.2. The van der Waals surface area contributed by atoms with Gasteiger partial charge in [-0.05, 0) is 37.1 Å². The van der Waals surface area contributed by atoms with Crippen LogP contribution in [0.25, 0.3) is 10.9 Å². The molecule has 0 aliphatic heterocycles. The molecule has 2 heterocycles. The highest BCUT2D eigenvalue weighted by Crippen LogP contribution is 2.18.